The molecule has 6 heteroatoms. The second kappa shape index (κ2) is 9.64. The first kappa shape index (κ1) is 22.5. The molecule has 4 nitrogen and oxygen atoms in total. The summed E-state index contributed by atoms with van der Waals surface area (Å²) in [4.78, 5) is 0. The molecule has 0 bridgehead atoms. The van der Waals surface area contributed by atoms with Gasteiger partial charge in [0.05, 0.1) is 23.6 Å². The van der Waals surface area contributed by atoms with Crippen LogP contribution in [0.25, 0.3) is 0 Å². The number of aliphatic hydroxyl groups is 1. The standard InChI is InChI=1S/C21H26NO3S.Y/c1-3-5-21(23)18-10-12-19(13-11-18)22-20(14-15-26(22,24)25)17-8-6-16(4-2)7-9-17;/h6-13,20-21,23H,2-5,14-15H2,1H3;/q-1;. The predicted octanol–water partition coefficient (Wildman–Crippen LogP) is 4.18. The Morgan fingerprint density at radius 3 is 2.33 bits per heavy atom. The largest absolute Gasteiger partial charge is 0.388 e. The molecule has 1 N–H and O–H groups in total. The Labute approximate surface area is 187 Å². The Kier molecular flexibility index (Phi) is 8.05. The first-order chi connectivity index (χ1) is 12.5. The molecule has 0 spiro atoms. The SMILES string of the molecule is [CH2-]Cc1ccc(C2CCS(=O)(=O)N2c2ccc(C(O)CCC)cc2)cc1.[Y]. The average Bonchev–Trinajstić information content (AvgIpc) is 2.97. The fourth-order valence-electron chi connectivity index (χ4n) is 3.50. The van der Waals surface area contributed by atoms with Crippen molar-refractivity contribution in [3.8, 4) is 0 Å². The quantitative estimate of drug-likeness (QED) is 0.657. The molecule has 1 aliphatic heterocycles. The van der Waals surface area contributed by atoms with E-state index < -0.39 is 16.1 Å². The van der Waals surface area contributed by atoms with Gasteiger partial charge in [-0.1, -0.05) is 55.3 Å². The minimum absolute atomic E-state index is 0. The first-order valence-electron chi connectivity index (χ1n) is 9.14. The van der Waals surface area contributed by atoms with Gasteiger partial charge in [-0.05, 0) is 36.1 Å². The van der Waals surface area contributed by atoms with E-state index in [1.165, 1.54) is 4.31 Å². The molecular formula is C21H26NO3SY-. The maximum Gasteiger partial charge on any atom is 0.235 e. The zero-order valence-electron chi connectivity index (χ0n) is 15.7. The predicted molar refractivity (Wildman–Crippen MR) is 105 cm³/mol. The summed E-state index contributed by atoms with van der Waals surface area (Å²) in [7, 11) is -3.34. The second-order valence-corrected chi connectivity index (χ2v) is 8.77. The van der Waals surface area contributed by atoms with Crippen molar-refractivity contribution in [3.05, 3.63) is 72.1 Å². The summed E-state index contributed by atoms with van der Waals surface area (Å²) in [5.41, 5.74) is 3.61. The van der Waals surface area contributed by atoms with Gasteiger partial charge in [0.1, 0.15) is 0 Å². The fourth-order valence-corrected chi connectivity index (χ4v) is 5.28. The first-order valence-corrected chi connectivity index (χ1v) is 10.8. The third kappa shape index (κ3) is 5.00. The number of benzene rings is 2. The van der Waals surface area contributed by atoms with Crippen LogP contribution in [-0.4, -0.2) is 19.3 Å². The number of aliphatic hydroxyl groups excluding tert-OH is 1. The van der Waals surface area contributed by atoms with E-state index in [4.69, 9.17) is 0 Å². The van der Waals surface area contributed by atoms with E-state index in [-0.39, 0.29) is 44.5 Å². The molecule has 1 heterocycles. The maximum atomic E-state index is 12.7. The molecule has 1 aliphatic rings. The van der Waals surface area contributed by atoms with Crippen LogP contribution >= 0.6 is 0 Å². The van der Waals surface area contributed by atoms with Gasteiger partial charge in [0.2, 0.25) is 10.0 Å². The van der Waals surface area contributed by atoms with Gasteiger partial charge in [0, 0.05) is 32.7 Å². The Hall–Kier alpha value is -0.746. The Bertz CT molecular complexity index is 835. The van der Waals surface area contributed by atoms with Crippen LogP contribution < -0.4 is 4.31 Å². The van der Waals surface area contributed by atoms with Gasteiger partial charge in [-0.3, -0.25) is 4.31 Å². The normalized spacial score (nSPS) is 19.5. The number of hydrogen-bond acceptors (Lipinski definition) is 3. The van der Waals surface area contributed by atoms with Gasteiger partial charge in [-0.25, -0.2) is 8.42 Å². The third-order valence-corrected chi connectivity index (χ3v) is 6.80. The van der Waals surface area contributed by atoms with E-state index in [0.717, 1.165) is 23.1 Å². The molecule has 2 atom stereocenters. The zero-order valence-corrected chi connectivity index (χ0v) is 19.4. The van der Waals surface area contributed by atoms with Crippen molar-refractivity contribution in [1.82, 2.24) is 0 Å². The van der Waals surface area contributed by atoms with Crippen molar-refractivity contribution in [2.45, 2.75) is 44.8 Å². The van der Waals surface area contributed by atoms with Crippen LogP contribution in [0.1, 0.15) is 55.0 Å². The van der Waals surface area contributed by atoms with Crippen molar-refractivity contribution in [3.63, 3.8) is 0 Å². The second-order valence-electron chi connectivity index (χ2n) is 6.80. The summed E-state index contributed by atoms with van der Waals surface area (Å²) < 4.78 is 26.8. The van der Waals surface area contributed by atoms with Gasteiger partial charge < -0.3 is 12.0 Å². The molecule has 143 valence electrons. The van der Waals surface area contributed by atoms with Crippen LogP contribution in [0.3, 0.4) is 0 Å². The van der Waals surface area contributed by atoms with Crippen LogP contribution in [0.4, 0.5) is 5.69 Å². The molecule has 3 rings (SSSR count). The Morgan fingerprint density at radius 1 is 1.15 bits per heavy atom. The van der Waals surface area contributed by atoms with Crippen LogP contribution in [0.15, 0.2) is 48.5 Å². The molecule has 27 heavy (non-hydrogen) atoms. The molecule has 0 amide bonds. The van der Waals surface area contributed by atoms with E-state index >= 15 is 0 Å². The van der Waals surface area contributed by atoms with Crippen molar-refractivity contribution < 1.29 is 46.2 Å². The molecule has 0 aromatic heterocycles. The minimum atomic E-state index is -3.34. The van der Waals surface area contributed by atoms with Gasteiger partial charge in [-0.15, -0.1) is 0 Å². The van der Waals surface area contributed by atoms with Crippen molar-refractivity contribution in [2.24, 2.45) is 0 Å². The average molecular weight is 461 g/mol. The van der Waals surface area contributed by atoms with Crippen LogP contribution in [-0.2, 0) is 49.2 Å². The van der Waals surface area contributed by atoms with Gasteiger partial charge >= 0.3 is 0 Å². The molecule has 1 saturated heterocycles. The molecule has 2 aromatic carbocycles. The topological polar surface area (TPSA) is 57.6 Å². The third-order valence-electron chi connectivity index (χ3n) is 4.98. The van der Waals surface area contributed by atoms with Gasteiger partial charge in [-0.2, -0.15) is 6.42 Å². The number of rotatable bonds is 6. The summed E-state index contributed by atoms with van der Waals surface area (Å²) in [5, 5.41) is 10.1. The Morgan fingerprint density at radius 2 is 1.78 bits per heavy atom. The smallest absolute Gasteiger partial charge is 0.235 e. The molecule has 0 aliphatic carbocycles. The van der Waals surface area contributed by atoms with E-state index in [0.29, 0.717) is 24.9 Å². The summed E-state index contributed by atoms with van der Waals surface area (Å²) in [5.74, 6) is 0.148. The molecule has 1 fully saturated rings. The molecule has 1 radical (unpaired) electrons. The Balaban J connectivity index is 0.00000261. The van der Waals surface area contributed by atoms with Crippen LogP contribution in [0.2, 0.25) is 0 Å². The molecule has 2 unspecified atom stereocenters. The van der Waals surface area contributed by atoms with Crippen molar-refractivity contribution in [1.29, 1.82) is 0 Å². The van der Waals surface area contributed by atoms with Crippen molar-refractivity contribution in [2.75, 3.05) is 10.1 Å². The van der Waals surface area contributed by atoms with Gasteiger partial charge in [0.25, 0.3) is 0 Å². The fraction of sp³-hybridized carbons (Fsp3) is 0.381. The summed E-state index contributed by atoms with van der Waals surface area (Å²) in [6.07, 6.45) is 2.38. The number of sulfonamides is 1. The van der Waals surface area contributed by atoms with Crippen molar-refractivity contribution >= 4 is 15.7 Å². The van der Waals surface area contributed by atoms with Gasteiger partial charge in [0.15, 0.2) is 0 Å². The maximum absolute atomic E-state index is 12.7. The summed E-state index contributed by atoms with van der Waals surface area (Å²) >= 11 is 0. The van der Waals surface area contributed by atoms with E-state index in [2.05, 4.69) is 6.92 Å². The zero-order chi connectivity index (χ0) is 18.7. The minimum Gasteiger partial charge on any atom is -0.388 e. The molecule has 2 aromatic rings. The molecular weight excluding hydrogens is 435 g/mol. The monoisotopic (exact) mass is 461 g/mol. The van der Waals surface area contributed by atoms with Crippen LogP contribution in [0, 0.1) is 6.92 Å². The summed E-state index contributed by atoms with van der Waals surface area (Å²) in [6.45, 7) is 5.90. The number of anilines is 1. The van der Waals surface area contributed by atoms with Crippen LogP contribution in [0.5, 0.6) is 0 Å². The van der Waals surface area contributed by atoms with E-state index in [1.807, 2.05) is 43.3 Å². The number of hydrogen-bond donors (Lipinski definition) is 1. The summed E-state index contributed by atoms with van der Waals surface area (Å²) in [6, 6.07) is 15.1. The van der Waals surface area contributed by atoms with E-state index in [9.17, 15) is 13.5 Å². The van der Waals surface area contributed by atoms with E-state index in [1.54, 1.807) is 12.1 Å². The number of nitrogens with zero attached hydrogens (tertiary/aromatic N) is 1. The molecule has 0 saturated carbocycles.